The molecule has 1 heterocycles. The Hall–Kier alpha value is -4.47. The Labute approximate surface area is 229 Å². The summed E-state index contributed by atoms with van der Waals surface area (Å²) in [6.07, 6.45) is -1.87. The number of halogens is 1. The number of aromatic nitrogens is 2. The molecule has 0 aliphatic rings. The van der Waals surface area contributed by atoms with Crippen LogP contribution in [0.3, 0.4) is 0 Å². The first-order valence-electron chi connectivity index (χ1n) is 12.1. The molecule has 0 bridgehead atoms. The SMILES string of the molecule is O=C(O)c1cc(C(=O)N(CCC(O)C(=O)O)Cc2ccc(-c3ccccc3)cc2)nn1Cc1ccccc1Cl. The van der Waals surface area contributed by atoms with E-state index in [0.29, 0.717) is 10.6 Å². The fourth-order valence-electron chi connectivity index (χ4n) is 4.07. The Morgan fingerprint density at radius 1 is 0.897 bits per heavy atom. The van der Waals surface area contributed by atoms with Crippen molar-refractivity contribution in [3.63, 3.8) is 0 Å². The lowest BCUT2D eigenvalue weighted by atomic mass is 10.0. The van der Waals surface area contributed by atoms with Gasteiger partial charge in [-0.15, -0.1) is 0 Å². The lowest BCUT2D eigenvalue weighted by Gasteiger charge is -2.23. The maximum absolute atomic E-state index is 13.5. The van der Waals surface area contributed by atoms with Crippen molar-refractivity contribution in [1.29, 1.82) is 0 Å². The van der Waals surface area contributed by atoms with Gasteiger partial charge in [-0.3, -0.25) is 9.48 Å². The van der Waals surface area contributed by atoms with Gasteiger partial charge in [0, 0.05) is 30.6 Å². The quantitative estimate of drug-likeness (QED) is 0.253. The Balaban J connectivity index is 1.60. The minimum Gasteiger partial charge on any atom is -0.479 e. The van der Waals surface area contributed by atoms with Crippen LogP contribution in [0.25, 0.3) is 11.1 Å². The van der Waals surface area contributed by atoms with Crippen molar-refractivity contribution in [3.05, 3.63) is 112 Å². The Morgan fingerprint density at radius 2 is 1.54 bits per heavy atom. The number of rotatable bonds is 11. The molecule has 0 aliphatic carbocycles. The van der Waals surface area contributed by atoms with Crippen LogP contribution in [0.4, 0.5) is 0 Å². The Morgan fingerprint density at radius 3 is 2.18 bits per heavy atom. The molecule has 39 heavy (non-hydrogen) atoms. The van der Waals surface area contributed by atoms with Crippen molar-refractivity contribution in [2.24, 2.45) is 0 Å². The highest BCUT2D eigenvalue weighted by Gasteiger charge is 2.25. The van der Waals surface area contributed by atoms with E-state index in [9.17, 15) is 24.6 Å². The second-order valence-corrected chi connectivity index (χ2v) is 9.31. The summed E-state index contributed by atoms with van der Waals surface area (Å²) in [4.78, 5) is 38.0. The number of carboxylic acid groups (broad SMARTS) is 2. The number of hydrogen-bond acceptors (Lipinski definition) is 5. The molecule has 1 atom stereocenters. The number of aliphatic hydroxyl groups is 1. The number of hydrogen-bond donors (Lipinski definition) is 3. The van der Waals surface area contributed by atoms with Gasteiger partial charge in [-0.25, -0.2) is 9.59 Å². The molecule has 10 heteroatoms. The van der Waals surface area contributed by atoms with Crippen LogP contribution in [0.1, 0.15) is 38.5 Å². The molecule has 0 saturated heterocycles. The molecule has 3 N–H and O–H groups in total. The van der Waals surface area contributed by atoms with Gasteiger partial charge >= 0.3 is 11.9 Å². The first-order valence-corrected chi connectivity index (χ1v) is 12.5. The van der Waals surface area contributed by atoms with Gasteiger partial charge < -0.3 is 20.2 Å². The van der Waals surface area contributed by atoms with Gasteiger partial charge in [0.1, 0.15) is 5.69 Å². The number of carboxylic acids is 2. The molecule has 0 spiro atoms. The highest BCUT2D eigenvalue weighted by atomic mass is 35.5. The summed E-state index contributed by atoms with van der Waals surface area (Å²) in [5.41, 5.74) is 3.10. The first-order chi connectivity index (χ1) is 18.7. The number of aliphatic hydroxyl groups excluding tert-OH is 1. The number of nitrogens with zero attached hydrogens (tertiary/aromatic N) is 3. The van der Waals surface area contributed by atoms with Crippen LogP contribution >= 0.6 is 11.6 Å². The molecule has 0 saturated carbocycles. The van der Waals surface area contributed by atoms with Crippen LogP contribution in [0.2, 0.25) is 5.02 Å². The average Bonchev–Trinajstić information content (AvgIpc) is 3.36. The van der Waals surface area contributed by atoms with E-state index in [0.717, 1.165) is 16.7 Å². The van der Waals surface area contributed by atoms with Crippen molar-refractivity contribution in [2.75, 3.05) is 6.54 Å². The summed E-state index contributed by atoms with van der Waals surface area (Å²) in [7, 11) is 0. The number of aliphatic carboxylic acids is 1. The fourth-order valence-corrected chi connectivity index (χ4v) is 4.27. The molecule has 1 unspecified atom stereocenters. The largest absolute Gasteiger partial charge is 0.479 e. The van der Waals surface area contributed by atoms with Crippen molar-refractivity contribution in [1.82, 2.24) is 14.7 Å². The molecule has 0 fully saturated rings. The van der Waals surface area contributed by atoms with Crippen molar-refractivity contribution >= 4 is 29.4 Å². The predicted octanol–water partition coefficient (Wildman–Crippen LogP) is 4.43. The lowest BCUT2D eigenvalue weighted by molar-refractivity contribution is -0.147. The van der Waals surface area contributed by atoms with E-state index in [1.807, 2.05) is 54.6 Å². The van der Waals surface area contributed by atoms with E-state index in [1.54, 1.807) is 24.3 Å². The molecular weight excluding hydrogens is 522 g/mol. The van der Waals surface area contributed by atoms with Gasteiger partial charge in [0.15, 0.2) is 11.8 Å². The molecule has 0 radical (unpaired) electrons. The standard InChI is InChI=1S/C29H26ClN3O6/c30-23-9-5-4-8-22(23)18-33-25(28(36)37)16-24(31-33)27(35)32(15-14-26(34)29(38)39)17-19-10-12-21(13-11-19)20-6-2-1-3-7-20/h1-13,16,26,34H,14-15,17-18H2,(H,36,37)(H,38,39). The summed E-state index contributed by atoms with van der Waals surface area (Å²) in [5.74, 6) is -3.26. The molecule has 3 aromatic carbocycles. The minimum atomic E-state index is -1.66. The van der Waals surface area contributed by atoms with E-state index in [4.69, 9.17) is 16.7 Å². The van der Waals surface area contributed by atoms with Gasteiger partial charge in [-0.05, 0) is 28.3 Å². The molecule has 200 valence electrons. The Bertz CT molecular complexity index is 1470. The summed E-state index contributed by atoms with van der Waals surface area (Å²) in [6.45, 7) is 0.0415. The normalized spacial score (nSPS) is 11.6. The molecule has 4 rings (SSSR count). The molecular formula is C29H26ClN3O6. The summed E-state index contributed by atoms with van der Waals surface area (Å²) in [6, 6.07) is 25.4. The van der Waals surface area contributed by atoms with Crippen LogP contribution in [0, 0.1) is 0 Å². The molecule has 4 aromatic rings. The fraction of sp³-hybridized carbons (Fsp3) is 0.172. The summed E-state index contributed by atoms with van der Waals surface area (Å²) >= 11 is 6.23. The van der Waals surface area contributed by atoms with Gasteiger partial charge in [-0.1, -0.05) is 84.4 Å². The summed E-state index contributed by atoms with van der Waals surface area (Å²) < 4.78 is 1.19. The number of amides is 1. The predicted molar refractivity (Wildman–Crippen MR) is 145 cm³/mol. The number of aromatic carboxylic acids is 1. The second-order valence-electron chi connectivity index (χ2n) is 8.90. The van der Waals surface area contributed by atoms with E-state index in [2.05, 4.69) is 5.10 Å². The zero-order chi connectivity index (χ0) is 27.9. The third-order valence-corrected chi connectivity index (χ3v) is 6.54. The van der Waals surface area contributed by atoms with Crippen molar-refractivity contribution < 1.29 is 29.7 Å². The number of carbonyl (C=O) groups is 3. The van der Waals surface area contributed by atoms with Crippen LogP contribution in [-0.2, 0) is 17.9 Å². The van der Waals surface area contributed by atoms with Crippen LogP contribution in [0.15, 0.2) is 84.9 Å². The molecule has 9 nitrogen and oxygen atoms in total. The zero-order valence-corrected chi connectivity index (χ0v) is 21.5. The zero-order valence-electron chi connectivity index (χ0n) is 20.8. The molecule has 1 amide bonds. The van der Waals surface area contributed by atoms with E-state index in [-0.39, 0.29) is 37.4 Å². The molecule has 0 aliphatic heterocycles. The van der Waals surface area contributed by atoms with Gasteiger partial charge in [0.05, 0.1) is 6.54 Å². The minimum absolute atomic E-state index is 0.0350. The molecule has 1 aromatic heterocycles. The van der Waals surface area contributed by atoms with E-state index in [1.165, 1.54) is 15.6 Å². The second kappa shape index (κ2) is 12.4. The van der Waals surface area contributed by atoms with Crippen LogP contribution < -0.4 is 0 Å². The van der Waals surface area contributed by atoms with Crippen molar-refractivity contribution in [3.8, 4) is 11.1 Å². The maximum atomic E-state index is 13.5. The number of benzene rings is 3. The Kier molecular flexibility index (Phi) is 8.75. The third kappa shape index (κ3) is 6.90. The highest BCUT2D eigenvalue weighted by molar-refractivity contribution is 6.31. The van der Waals surface area contributed by atoms with Crippen molar-refractivity contribution in [2.45, 2.75) is 25.6 Å². The average molecular weight is 548 g/mol. The first kappa shape index (κ1) is 27.6. The smallest absolute Gasteiger partial charge is 0.354 e. The monoisotopic (exact) mass is 547 g/mol. The lowest BCUT2D eigenvalue weighted by Crippen LogP contribution is -2.35. The van der Waals surface area contributed by atoms with Crippen LogP contribution in [0.5, 0.6) is 0 Å². The van der Waals surface area contributed by atoms with Gasteiger partial charge in [0.2, 0.25) is 0 Å². The topological polar surface area (TPSA) is 133 Å². The van der Waals surface area contributed by atoms with Crippen LogP contribution in [-0.4, -0.2) is 60.5 Å². The van der Waals surface area contributed by atoms with Gasteiger partial charge in [-0.2, -0.15) is 5.10 Å². The maximum Gasteiger partial charge on any atom is 0.354 e. The van der Waals surface area contributed by atoms with Gasteiger partial charge in [0.25, 0.3) is 5.91 Å². The van der Waals surface area contributed by atoms with E-state index < -0.39 is 23.9 Å². The third-order valence-electron chi connectivity index (χ3n) is 6.18. The van der Waals surface area contributed by atoms with E-state index >= 15 is 0 Å². The highest BCUT2D eigenvalue weighted by Crippen LogP contribution is 2.21. The summed E-state index contributed by atoms with van der Waals surface area (Å²) in [5, 5.41) is 33.3. The number of carbonyl (C=O) groups excluding carboxylic acids is 1.